The molecule has 0 spiro atoms. The van der Waals surface area contributed by atoms with Crippen molar-refractivity contribution in [3.8, 4) is 5.69 Å². The van der Waals surface area contributed by atoms with Crippen molar-refractivity contribution in [2.45, 2.75) is 65.8 Å². The van der Waals surface area contributed by atoms with E-state index in [9.17, 15) is 5.11 Å². The standard InChI is InChI=1S/C24H37N5O.HI/c1-4-25-23(27-18-24(14-15-30)12-8-5-9-13-24)26-17-21-10-6-7-11-22(21)29-20(3)16-19(2)28-29;/h6-7,10-11,16,30H,4-5,8-9,12-15,17-18H2,1-3H3,(H2,25,26,27);1H. The lowest BCUT2D eigenvalue weighted by Crippen LogP contribution is -2.45. The zero-order chi connectivity index (χ0) is 21.4. The first-order chi connectivity index (χ1) is 14.6. The maximum Gasteiger partial charge on any atom is 0.191 e. The van der Waals surface area contributed by atoms with Gasteiger partial charge in [-0.25, -0.2) is 9.67 Å². The zero-order valence-electron chi connectivity index (χ0n) is 19.2. The molecule has 1 aliphatic carbocycles. The van der Waals surface area contributed by atoms with Crippen LogP contribution in [0, 0.1) is 19.3 Å². The van der Waals surface area contributed by atoms with Crippen LogP contribution in [0.1, 0.15) is 62.4 Å². The van der Waals surface area contributed by atoms with E-state index in [0.717, 1.165) is 48.1 Å². The third-order valence-corrected chi connectivity index (χ3v) is 6.17. The number of aromatic nitrogens is 2. The number of nitrogens with zero attached hydrogens (tertiary/aromatic N) is 3. The smallest absolute Gasteiger partial charge is 0.191 e. The van der Waals surface area contributed by atoms with Crippen molar-refractivity contribution in [2.24, 2.45) is 10.4 Å². The summed E-state index contributed by atoms with van der Waals surface area (Å²) in [4.78, 5) is 4.87. The minimum absolute atomic E-state index is 0. The van der Waals surface area contributed by atoms with E-state index in [2.05, 4.69) is 53.8 Å². The number of para-hydroxylation sites is 1. The van der Waals surface area contributed by atoms with Crippen molar-refractivity contribution in [2.75, 3.05) is 19.7 Å². The highest BCUT2D eigenvalue weighted by Gasteiger charge is 2.31. The summed E-state index contributed by atoms with van der Waals surface area (Å²) in [6.45, 7) is 8.70. The number of rotatable bonds is 8. The Balaban J connectivity index is 0.00000341. The molecule has 0 saturated heterocycles. The molecular formula is C24H38IN5O. The number of halogens is 1. The molecule has 3 rings (SSSR count). The van der Waals surface area contributed by atoms with Crippen LogP contribution in [0.5, 0.6) is 0 Å². The summed E-state index contributed by atoms with van der Waals surface area (Å²) >= 11 is 0. The quantitative estimate of drug-likeness (QED) is 0.263. The molecule has 172 valence electrons. The zero-order valence-corrected chi connectivity index (χ0v) is 21.5. The monoisotopic (exact) mass is 539 g/mol. The largest absolute Gasteiger partial charge is 0.396 e. The fourth-order valence-corrected chi connectivity index (χ4v) is 4.56. The summed E-state index contributed by atoms with van der Waals surface area (Å²) in [6, 6.07) is 10.4. The van der Waals surface area contributed by atoms with Crippen LogP contribution in [-0.4, -0.2) is 40.5 Å². The average Bonchev–Trinajstić information content (AvgIpc) is 3.09. The van der Waals surface area contributed by atoms with Gasteiger partial charge in [-0.1, -0.05) is 37.5 Å². The number of hydrogen-bond acceptors (Lipinski definition) is 3. The van der Waals surface area contributed by atoms with Gasteiger partial charge in [0.2, 0.25) is 0 Å². The molecule has 31 heavy (non-hydrogen) atoms. The highest BCUT2D eigenvalue weighted by molar-refractivity contribution is 14.0. The molecule has 6 nitrogen and oxygen atoms in total. The van der Waals surface area contributed by atoms with Crippen LogP contribution in [0.2, 0.25) is 0 Å². The molecule has 1 saturated carbocycles. The van der Waals surface area contributed by atoms with Crippen LogP contribution in [0.25, 0.3) is 5.69 Å². The Bertz CT molecular complexity index is 837. The van der Waals surface area contributed by atoms with Gasteiger partial charge in [0.1, 0.15) is 0 Å². The molecule has 3 N–H and O–H groups in total. The molecule has 1 heterocycles. The topological polar surface area (TPSA) is 74.5 Å². The van der Waals surface area contributed by atoms with Crippen LogP contribution in [-0.2, 0) is 6.54 Å². The molecule has 0 bridgehead atoms. The number of aliphatic hydroxyl groups is 1. The summed E-state index contributed by atoms with van der Waals surface area (Å²) in [6.07, 6.45) is 7.04. The summed E-state index contributed by atoms with van der Waals surface area (Å²) in [5.41, 5.74) is 4.54. The van der Waals surface area contributed by atoms with Gasteiger partial charge in [0.15, 0.2) is 5.96 Å². The SMILES string of the molecule is CCNC(=NCc1ccccc1-n1nc(C)cc1C)NCC1(CCO)CCCCC1.I. The maximum absolute atomic E-state index is 9.59. The van der Waals surface area contributed by atoms with Gasteiger partial charge in [-0.15, -0.1) is 24.0 Å². The number of hydrogen-bond donors (Lipinski definition) is 3. The highest BCUT2D eigenvalue weighted by Crippen LogP contribution is 2.38. The predicted octanol–water partition coefficient (Wildman–Crippen LogP) is 4.50. The molecular weight excluding hydrogens is 501 g/mol. The van der Waals surface area contributed by atoms with Crippen LogP contribution in [0.3, 0.4) is 0 Å². The van der Waals surface area contributed by atoms with E-state index in [1.165, 1.54) is 32.1 Å². The van der Waals surface area contributed by atoms with E-state index in [0.29, 0.717) is 6.54 Å². The van der Waals surface area contributed by atoms with Crippen molar-refractivity contribution in [3.63, 3.8) is 0 Å². The Morgan fingerprint density at radius 3 is 2.55 bits per heavy atom. The van der Waals surface area contributed by atoms with Crippen molar-refractivity contribution in [1.29, 1.82) is 0 Å². The van der Waals surface area contributed by atoms with Gasteiger partial charge in [0.05, 0.1) is 17.9 Å². The van der Waals surface area contributed by atoms with Gasteiger partial charge in [-0.05, 0) is 63.1 Å². The molecule has 1 aliphatic rings. The molecule has 0 amide bonds. The lowest BCUT2D eigenvalue weighted by molar-refractivity contribution is 0.131. The van der Waals surface area contributed by atoms with Gasteiger partial charge in [-0.3, -0.25) is 0 Å². The molecule has 1 aromatic heterocycles. The first kappa shape index (κ1) is 25.6. The summed E-state index contributed by atoms with van der Waals surface area (Å²) < 4.78 is 2.00. The van der Waals surface area contributed by atoms with Crippen LogP contribution >= 0.6 is 24.0 Å². The van der Waals surface area contributed by atoms with Crippen LogP contribution in [0.15, 0.2) is 35.3 Å². The molecule has 0 unspecified atom stereocenters. The van der Waals surface area contributed by atoms with Gasteiger partial charge in [0.25, 0.3) is 0 Å². The van der Waals surface area contributed by atoms with Gasteiger partial charge in [-0.2, -0.15) is 5.10 Å². The average molecular weight is 540 g/mol. The van der Waals surface area contributed by atoms with Gasteiger partial charge in [0, 0.05) is 25.4 Å². The summed E-state index contributed by atoms with van der Waals surface area (Å²) in [5.74, 6) is 0.837. The number of aliphatic hydroxyl groups excluding tert-OH is 1. The highest BCUT2D eigenvalue weighted by atomic mass is 127. The van der Waals surface area contributed by atoms with Crippen molar-refractivity contribution >= 4 is 29.9 Å². The summed E-state index contributed by atoms with van der Waals surface area (Å²) in [7, 11) is 0. The Hall–Kier alpha value is -1.61. The number of guanidine groups is 1. The Morgan fingerprint density at radius 1 is 1.16 bits per heavy atom. The number of aryl methyl sites for hydroxylation is 2. The van der Waals surface area contributed by atoms with E-state index in [1.54, 1.807) is 0 Å². The predicted molar refractivity (Wildman–Crippen MR) is 138 cm³/mol. The Morgan fingerprint density at radius 2 is 1.90 bits per heavy atom. The van der Waals surface area contributed by atoms with Gasteiger partial charge < -0.3 is 15.7 Å². The normalized spacial score (nSPS) is 15.9. The van der Waals surface area contributed by atoms with E-state index in [-0.39, 0.29) is 36.0 Å². The number of benzene rings is 1. The van der Waals surface area contributed by atoms with Crippen LogP contribution < -0.4 is 10.6 Å². The molecule has 0 radical (unpaired) electrons. The second-order valence-corrected chi connectivity index (χ2v) is 8.55. The van der Waals surface area contributed by atoms with E-state index in [1.807, 2.05) is 17.7 Å². The molecule has 0 aliphatic heterocycles. The third-order valence-electron chi connectivity index (χ3n) is 6.17. The lowest BCUT2D eigenvalue weighted by atomic mass is 9.72. The lowest BCUT2D eigenvalue weighted by Gasteiger charge is -2.37. The number of nitrogens with one attached hydrogen (secondary N) is 2. The minimum atomic E-state index is 0. The Kier molecular flexibility index (Phi) is 10.3. The second-order valence-electron chi connectivity index (χ2n) is 8.55. The van der Waals surface area contributed by atoms with Crippen molar-refractivity contribution in [3.05, 3.63) is 47.3 Å². The second kappa shape index (κ2) is 12.4. The first-order valence-corrected chi connectivity index (χ1v) is 11.3. The van der Waals surface area contributed by atoms with Gasteiger partial charge >= 0.3 is 0 Å². The maximum atomic E-state index is 9.59. The minimum Gasteiger partial charge on any atom is -0.396 e. The summed E-state index contributed by atoms with van der Waals surface area (Å²) in [5, 5.41) is 21.2. The van der Waals surface area contributed by atoms with Crippen molar-refractivity contribution in [1.82, 2.24) is 20.4 Å². The van der Waals surface area contributed by atoms with E-state index >= 15 is 0 Å². The third kappa shape index (κ3) is 6.94. The molecule has 1 aromatic carbocycles. The first-order valence-electron chi connectivity index (χ1n) is 11.3. The molecule has 2 aromatic rings. The van der Waals surface area contributed by atoms with E-state index < -0.39 is 0 Å². The molecule has 1 fully saturated rings. The molecule has 7 heteroatoms. The van der Waals surface area contributed by atoms with E-state index in [4.69, 9.17) is 4.99 Å². The molecule has 0 atom stereocenters. The fourth-order valence-electron chi connectivity index (χ4n) is 4.56. The fraction of sp³-hybridized carbons (Fsp3) is 0.583. The Labute approximate surface area is 203 Å². The van der Waals surface area contributed by atoms with Crippen molar-refractivity contribution < 1.29 is 5.11 Å². The van der Waals surface area contributed by atoms with Crippen LogP contribution in [0.4, 0.5) is 0 Å². The number of aliphatic imine (C=N–C) groups is 1.